The molecule has 140 valence electrons. The molecule has 2 saturated heterocycles. The van der Waals surface area contributed by atoms with Crippen LogP contribution in [-0.4, -0.2) is 69.4 Å². The number of H-pyrrole nitrogens is 1. The predicted molar refractivity (Wildman–Crippen MR) is 104 cm³/mol. The Balaban J connectivity index is 1.26. The Morgan fingerprint density at radius 3 is 2.07 bits per heavy atom. The smallest absolute Gasteiger partial charge is 0.182 e. The SMILES string of the molecule is c1nc(N2CCN(c3ccc(N4CCCCC4)nn3)CC2)c2[nH]cnc2n1. The molecule has 2 fully saturated rings. The first-order valence-electron chi connectivity index (χ1n) is 9.61. The maximum Gasteiger partial charge on any atom is 0.182 e. The number of piperazine rings is 1. The Bertz CT molecular complexity index is 893. The first-order chi connectivity index (χ1) is 13.4. The van der Waals surface area contributed by atoms with Crippen LogP contribution in [0.2, 0.25) is 0 Å². The Kier molecular flexibility index (Phi) is 4.19. The van der Waals surface area contributed by atoms with Gasteiger partial charge in [-0.25, -0.2) is 15.0 Å². The lowest BCUT2D eigenvalue weighted by atomic mass is 10.1. The lowest BCUT2D eigenvalue weighted by Gasteiger charge is -2.36. The van der Waals surface area contributed by atoms with Gasteiger partial charge in [0, 0.05) is 39.3 Å². The number of anilines is 3. The zero-order valence-electron chi connectivity index (χ0n) is 15.3. The Labute approximate surface area is 157 Å². The van der Waals surface area contributed by atoms with Gasteiger partial charge in [0.25, 0.3) is 0 Å². The predicted octanol–water partition coefficient (Wildman–Crippen LogP) is 1.46. The van der Waals surface area contributed by atoms with E-state index in [0.29, 0.717) is 5.65 Å². The summed E-state index contributed by atoms with van der Waals surface area (Å²) in [5, 5.41) is 8.97. The molecular weight excluding hydrogens is 342 g/mol. The van der Waals surface area contributed by atoms with E-state index in [1.165, 1.54) is 19.3 Å². The number of hydrogen-bond acceptors (Lipinski definition) is 8. The average molecular weight is 365 g/mol. The van der Waals surface area contributed by atoms with Crippen LogP contribution in [0.3, 0.4) is 0 Å². The second-order valence-electron chi connectivity index (χ2n) is 7.07. The van der Waals surface area contributed by atoms with E-state index in [9.17, 15) is 0 Å². The fourth-order valence-electron chi connectivity index (χ4n) is 3.92. The molecule has 9 nitrogen and oxygen atoms in total. The van der Waals surface area contributed by atoms with Gasteiger partial charge in [0.1, 0.15) is 11.8 Å². The van der Waals surface area contributed by atoms with Crippen LogP contribution in [0.25, 0.3) is 11.2 Å². The molecule has 0 aromatic carbocycles. The molecule has 3 aromatic heterocycles. The van der Waals surface area contributed by atoms with Crippen molar-refractivity contribution in [1.82, 2.24) is 30.1 Å². The lowest BCUT2D eigenvalue weighted by Crippen LogP contribution is -2.47. The van der Waals surface area contributed by atoms with Crippen LogP contribution < -0.4 is 14.7 Å². The Morgan fingerprint density at radius 1 is 0.704 bits per heavy atom. The Hall–Kier alpha value is -2.97. The van der Waals surface area contributed by atoms with Crippen molar-refractivity contribution in [2.75, 3.05) is 54.0 Å². The number of piperidine rings is 1. The van der Waals surface area contributed by atoms with Gasteiger partial charge in [-0.15, -0.1) is 10.2 Å². The van der Waals surface area contributed by atoms with E-state index in [2.05, 4.69) is 57.0 Å². The molecule has 5 rings (SSSR count). The molecule has 0 aliphatic carbocycles. The van der Waals surface area contributed by atoms with Gasteiger partial charge in [0.2, 0.25) is 0 Å². The molecule has 0 unspecified atom stereocenters. The third-order valence-electron chi connectivity index (χ3n) is 5.42. The van der Waals surface area contributed by atoms with E-state index in [-0.39, 0.29) is 0 Å². The first kappa shape index (κ1) is 16.2. The monoisotopic (exact) mass is 365 g/mol. The minimum atomic E-state index is 0.710. The number of nitrogens with one attached hydrogen (secondary N) is 1. The minimum absolute atomic E-state index is 0.710. The number of aromatic amines is 1. The number of rotatable bonds is 3. The van der Waals surface area contributed by atoms with Gasteiger partial charge < -0.3 is 19.7 Å². The zero-order valence-corrected chi connectivity index (χ0v) is 15.3. The Morgan fingerprint density at radius 2 is 1.37 bits per heavy atom. The lowest BCUT2D eigenvalue weighted by molar-refractivity contribution is 0.570. The summed E-state index contributed by atoms with van der Waals surface area (Å²) >= 11 is 0. The molecule has 0 spiro atoms. The van der Waals surface area contributed by atoms with Crippen LogP contribution in [0.15, 0.2) is 24.8 Å². The quantitative estimate of drug-likeness (QED) is 0.746. The molecule has 0 amide bonds. The normalized spacial score (nSPS) is 18.3. The van der Waals surface area contributed by atoms with Crippen molar-refractivity contribution < 1.29 is 0 Å². The topological polar surface area (TPSA) is 90.0 Å². The highest BCUT2D eigenvalue weighted by molar-refractivity contribution is 5.82. The van der Waals surface area contributed by atoms with E-state index in [1.807, 2.05) is 0 Å². The highest BCUT2D eigenvalue weighted by atomic mass is 15.4. The van der Waals surface area contributed by atoms with Gasteiger partial charge in [-0.1, -0.05) is 0 Å². The number of aromatic nitrogens is 6. The fourth-order valence-corrected chi connectivity index (χ4v) is 3.92. The van der Waals surface area contributed by atoms with Crippen molar-refractivity contribution in [3.8, 4) is 0 Å². The maximum atomic E-state index is 4.49. The van der Waals surface area contributed by atoms with Crippen LogP contribution in [0.1, 0.15) is 19.3 Å². The fraction of sp³-hybridized carbons (Fsp3) is 0.500. The molecule has 3 aromatic rings. The van der Waals surface area contributed by atoms with E-state index >= 15 is 0 Å². The van der Waals surface area contributed by atoms with E-state index < -0.39 is 0 Å². The molecule has 9 heteroatoms. The molecule has 2 aliphatic heterocycles. The molecular formula is C18H23N9. The molecule has 2 aliphatic rings. The van der Waals surface area contributed by atoms with Gasteiger partial charge in [0.05, 0.1) is 6.33 Å². The second kappa shape index (κ2) is 6.98. The molecule has 0 atom stereocenters. The summed E-state index contributed by atoms with van der Waals surface area (Å²) in [6.07, 6.45) is 7.06. The van der Waals surface area contributed by atoms with Crippen LogP contribution in [0, 0.1) is 0 Å². The molecule has 1 N–H and O–H groups in total. The number of nitrogens with zero attached hydrogens (tertiary/aromatic N) is 8. The molecule has 0 radical (unpaired) electrons. The standard InChI is InChI=1S/C18H23N9/c1-2-6-25(7-3-1)14-4-5-15(24-23-14)26-8-10-27(11-9-26)18-16-17(20-12-19-16)21-13-22-18/h4-5,12-13H,1-3,6-11H2,(H,19,20,21,22). The minimum Gasteiger partial charge on any atom is -0.355 e. The van der Waals surface area contributed by atoms with Crippen LogP contribution >= 0.6 is 0 Å². The second-order valence-corrected chi connectivity index (χ2v) is 7.07. The van der Waals surface area contributed by atoms with Gasteiger partial charge in [-0.3, -0.25) is 0 Å². The summed E-state index contributed by atoms with van der Waals surface area (Å²) in [6, 6.07) is 4.21. The highest BCUT2D eigenvalue weighted by Gasteiger charge is 2.22. The van der Waals surface area contributed by atoms with Crippen molar-refractivity contribution in [2.45, 2.75) is 19.3 Å². The van der Waals surface area contributed by atoms with Crippen LogP contribution in [0.5, 0.6) is 0 Å². The largest absolute Gasteiger partial charge is 0.355 e. The summed E-state index contributed by atoms with van der Waals surface area (Å²) in [5.41, 5.74) is 1.61. The third-order valence-corrected chi connectivity index (χ3v) is 5.42. The van der Waals surface area contributed by atoms with Crippen molar-refractivity contribution >= 4 is 28.6 Å². The summed E-state index contributed by atoms with van der Waals surface area (Å²) < 4.78 is 0. The summed E-state index contributed by atoms with van der Waals surface area (Å²) in [6.45, 7) is 5.71. The molecule has 27 heavy (non-hydrogen) atoms. The third kappa shape index (κ3) is 3.13. The van der Waals surface area contributed by atoms with E-state index in [1.54, 1.807) is 12.7 Å². The van der Waals surface area contributed by atoms with E-state index in [0.717, 1.165) is 62.2 Å². The van der Waals surface area contributed by atoms with Gasteiger partial charge in [0.15, 0.2) is 23.1 Å². The van der Waals surface area contributed by atoms with E-state index in [4.69, 9.17) is 0 Å². The number of hydrogen-bond donors (Lipinski definition) is 1. The van der Waals surface area contributed by atoms with Crippen molar-refractivity contribution in [3.05, 3.63) is 24.8 Å². The number of imidazole rings is 1. The molecule has 0 bridgehead atoms. The van der Waals surface area contributed by atoms with Crippen molar-refractivity contribution in [1.29, 1.82) is 0 Å². The first-order valence-corrected chi connectivity index (χ1v) is 9.61. The van der Waals surface area contributed by atoms with Crippen molar-refractivity contribution in [2.24, 2.45) is 0 Å². The van der Waals surface area contributed by atoms with Crippen LogP contribution in [0.4, 0.5) is 17.5 Å². The average Bonchev–Trinajstić information content (AvgIpc) is 3.24. The maximum absolute atomic E-state index is 4.49. The van der Waals surface area contributed by atoms with Crippen LogP contribution in [-0.2, 0) is 0 Å². The van der Waals surface area contributed by atoms with Crippen molar-refractivity contribution in [3.63, 3.8) is 0 Å². The zero-order chi connectivity index (χ0) is 18.1. The number of fused-ring (bicyclic) bond motifs is 1. The molecule has 0 saturated carbocycles. The molecule has 5 heterocycles. The summed E-state index contributed by atoms with van der Waals surface area (Å²) in [7, 11) is 0. The highest BCUT2D eigenvalue weighted by Crippen LogP contribution is 2.23. The van der Waals surface area contributed by atoms with Gasteiger partial charge in [-0.05, 0) is 31.4 Å². The van der Waals surface area contributed by atoms with Gasteiger partial charge >= 0.3 is 0 Å². The summed E-state index contributed by atoms with van der Waals surface area (Å²) in [4.78, 5) is 22.9. The summed E-state index contributed by atoms with van der Waals surface area (Å²) in [5.74, 6) is 2.87. The van der Waals surface area contributed by atoms with Gasteiger partial charge in [-0.2, -0.15) is 0 Å².